The topological polar surface area (TPSA) is 102 Å². The van der Waals surface area contributed by atoms with E-state index in [4.69, 9.17) is 0 Å². The SMILES string of the molecule is CC(=O)CC(C)=O.CC(=O)CC(C)=O.CC(=O)CC(C)=O.[Ru]. The molecule has 22 heavy (non-hydrogen) atoms. The third-order valence-electron chi connectivity index (χ3n) is 1.49. The Morgan fingerprint density at radius 2 is 0.500 bits per heavy atom. The summed E-state index contributed by atoms with van der Waals surface area (Å²) >= 11 is 0. The van der Waals surface area contributed by atoms with Crippen molar-refractivity contribution in [2.75, 3.05) is 0 Å². The van der Waals surface area contributed by atoms with Crippen molar-refractivity contribution < 1.29 is 48.2 Å². The van der Waals surface area contributed by atoms with E-state index < -0.39 is 0 Å². The van der Waals surface area contributed by atoms with Crippen LogP contribution in [0.25, 0.3) is 0 Å². The molecule has 0 aromatic heterocycles. The summed E-state index contributed by atoms with van der Waals surface area (Å²) in [5.41, 5.74) is 0. The van der Waals surface area contributed by atoms with Crippen LogP contribution in [-0.2, 0) is 48.2 Å². The third kappa shape index (κ3) is 51.2. The van der Waals surface area contributed by atoms with Gasteiger partial charge in [0.15, 0.2) is 0 Å². The summed E-state index contributed by atoms with van der Waals surface area (Å²) in [5, 5.41) is 0. The van der Waals surface area contributed by atoms with E-state index in [-0.39, 0.29) is 73.4 Å². The van der Waals surface area contributed by atoms with E-state index in [1.54, 1.807) is 0 Å². The predicted molar refractivity (Wildman–Crippen MR) is 77.9 cm³/mol. The first-order valence-electron chi connectivity index (χ1n) is 6.35. The summed E-state index contributed by atoms with van der Waals surface area (Å²) in [4.78, 5) is 60.2. The van der Waals surface area contributed by atoms with E-state index in [0.717, 1.165) is 0 Å². The predicted octanol–water partition coefficient (Wildman–Crippen LogP) is 1.66. The van der Waals surface area contributed by atoms with Crippen LogP contribution in [-0.4, -0.2) is 34.7 Å². The molecule has 0 rings (SSSR count). The Kier molecular flexibility index (Phi) is 23.1. The molecule has 0 bridgehead atoms. The molecule has 0 aliphatic rings. The molecule has 0 aromatic rings. The van der Waals surface area contributed by atoms with E-state index in [1.165, 1.54) is 41.5 Å². The number of carbonyl (C=O) groups excluding carboxylic acids is 6. The van der Waals surface area contributed by atoms with Gasteiger partial charge in [-0.15, -0.1) is 0 Å². The van der Waals surface area contributed by atoms with E-state index >= 15 is 0 Å². The van der Waals surface area contributed by atoms with E-state index in [2.05, 4.69) is 0 Å². The molecule has 0 amide bonds. The zero-order chi connectivity index (χ0) is 17.6. The molecule has 0 radical (unpaired) electrons. The van der Waals surface area contributed by atoms with Crippen molar-refractivity contribution in [3.63, 3.8) is 0 Å². The Balaban J connectivity index is -0.000000108. The monoisotopic (exact) mass is 402 g/mol. The smallest absolute Gasteiger partial charge is 0.137 e. The Hall–Kier alpha value is -1.36. The summed E-state index contributed by atoms with van der Waals surface area (Å²) in [5.74, 6) is -0.375. The molecule has 7 heteroatoms. The van der Waals surface area contributed by atoms with Crippen molar-refractivity contribution in [2.24, 2.45) is 0 Å². The molecule has 0 unspecified atom stereocenters. The average molecular weight is 401 g/mol. The fraction of sp³-hybridized carbons (Fsp3) is 0.600. The van der Waals surface area contributed by atoms with Gasteiger partial charge in [-0.2, -0.15) is 0 Å². The minimum Gasteiger partial charge on any atom is -0.300 e. The van der Waals surface area contributed by atoms with Crippen molar-refractivity contribution in [1.82, 2.24) is 0 Å². The van der Waals surface area contributed by atoms with Gasteiger partial charge in [0.2, 0.25) is 0 Å². The van der Waals surface area contributed by atoms with Gasteiger partial charge in [-0.1, -0.05) is 0 Å². The number of Topliss-reactive ketones (excluding diaryl/α,β-unsaturated/α-hetero) is 6. The first-order chi connectivity index (χ1) is 9.38. The molecule has 0 N–H and O–H groups in total. The van der Waals surface area contributed by atoms with Crippen LogP contribution in [0.5, 0.6) is 0 Å². The third-order valence-corrected chi connectivity index (χ3v) is 1.49. The minimum atomic E-state index is -0.0625. The molecule has 6 nitrogen and oxygen atoms in total. The van der Waals surface area contributed by atoms with Crippen molar-refractivity contribution in [1.29, 1.82) is 0 Å². The van der Waals surface area contributed by atoms with Crippen LogP contribution in [0.15, 0.2) is 0 Å². The number of rotatable bonds is 6. The molecule has 128 valence electrons. The second-order valence-electron chi connectivity index (χ2n) is 4.74. The summed E-state index contributed by atoms with van der Waals surface area (Å²) < 4.78 is 0. The summed E-state index contributed by atoms with van der Waals surface area (Å²) in [6.45, 7) is 8.42. The Morgan fingerprint density at radius 3 is 0.500 bits per heavy atom. The maximum absolute atomic E-state index is 10.0. The van der Waals surface area contributed by atoms with E-state index in [0.29, 0.717) is 0 Å². The van der Waals surface area contributed by atoms with Crippen LogP contribution in [0, 0.1) is 0 Å². The maximum Gasteiger partial charge on any atom is 0.137 e. The minimum absolute atomic E-state index is 0. The summed E-state index contributed by atoms with van der Waals surface area (Å²) in [6.07, 6.45) is 0.250. The quantitative estimate of drug-likeness (QED) is 0.495. The zero-order valence-electron chi connectivity index (χ0n) is 13.9. The zero-order valence-corrected chi connectivity index (χ0v) is 15.7. The van der Waals surface area contributed by atoms with Gasteiger partial charge in [0, 0.05) is 19.5 Å². The summed E-state index contributed by atoms with van der Waals surface area (Å²) in [6, 6.07) is 0. The standard InChI is InChI=1S/3C5H8O2.Ru/c3*1-4(6)3-5(2)7;/h3*3H2,1-2H3;. The molecular weight excluding hydrogens is 377 g/mol. The van der Waals surface area contributed by atoms with Gasteiger partial charge >= 0.3 is 0 Å². The van der Waals surface area contributed by atoms with E-state index in [9.17, 15) is 28.8 Å². The van der Waals surface area contributed by atoms with Gasteiger partial charge < -0.3 is 0 Å². The maximum atomic E-state index is 10.0. The number of hydrogen-bond acceptors (Lipinski definition) is 6. The van der Waals surface area contributed by atoms with Gasteiger partial charge in [0.05, 0.1) is 19.3 Å². The number of carbonyl (C=O) groups is 6. The molecule has 0 aromatic carbocycles. The molecule has 0 heterocycles. The van der Waals surface area contributed by atoms with Crippen LogP contribution in [0.4, 0.5) is 0 Å². The molecule has 0 saturated carbocycles. The van der Waals surface area contributed by atoms with E-state index in [1.807, 2.05) is 0 Å². The largest absolute Gasteiger partial charge is 0.300 e. The number of ketones is 6. The molecule has 0 spiro atoms. The van der Waals surface area contributed by atoms with Crippen LogP contribution in [0.3, 0.4) is 0 Å². The van der Waals surface area contributed by atoms with Crippen LogP contribution in [0.2, 0.25) is 0 Å². The second-order valence-corrected chi connectivity index (χ2v) is 4.74. The molecule has 0 fully saturated rings. The van der Waals surface area contributed by atoms with Crippen molar-refractivity contribution >= 4 is 34.7 Å². The van der Waals surface area contributed by atoms with Gasteiger partial charge in [-0.25, -0.2) is 0 Å². The molecule has 0 aliphatic heterocycles. The first-order valence-corrected chi connectivity index (χ1v) is 6.35. The molecule has 0 atom stereocenters. The van der Waals surface area contributed by atoms with Crippen LogP contribution in [0.1, 0.15) is 60.8 Å². The Bertz CT molecular complexity index is 314. The molecular formula is C15H24O6Ru. The van der Waals surface area contributed by atoms with Crippen molar-refractivity contribution in [2.45, 2.75) is 60.8 Å². The van der Waals surface area contributed by atoms with Gasteiger partial charge in [-0.3, -0.25) is 28.8 Å². The fourth-order valence-corrected chi connectivity index (χ4v) is 1.05. The molecule has 0 saturated heterocycles. The molecule has 0 aliphatic carbocycles. The second kappa shape index (κ2) is 17.7. The normalized spacial score (nSPS) is 7.91. The Morgan fingerprint density at radius 1 is 0.409 bits per heavy atom. The van der Waals surface area contributed by atoms with Crippen LogP contribution < -0.4 is 0 Å². The number of hydrogen-bond donors (Lipinski definition) is 0. The van der Waals surface area contributed by atoms with Crippen molar-refractivity contribution in [3.05, 3.63) is 0 Å². The van der Waals surface area contributed by atoms with Gasteiger partial charge in [0.25, 0.3) is 0 Å². The van der Waals surface area contributed by atoms with Gasteiger partial charge in [-0.05, 0) is 41.5 Å². The summed E-state index contributed by atoms with van der Waals surface area (Å²) in [7, 11) is 0. The van der Waals surface area contributed by atoms with Gasteiger partial charge in [0.1, 0.15) is 34.7 Å². The Labute approximate surface area is 144 Å². The average Bonchev–Trinajstić information content (AvgIpc) is 2.10. The van der Waals surface area contributed by atoms with Crippen molar-refractivity contribution in [3.8, 4) is 0 Å². The fourth-order valence-electron chi connectivity index (χ4n) is 1.05. The van der Waals surface area contributed by atoms with Crippen LogP contribution >= 0.6 is 0 Å². The first kappa shape index (κ1) is 28.8.